The van der Waals surface area contributed by atoms with Gasteiger partial charge in [-0.05, 0) is 0 Å². The summed E-state index contributed by atoms with van der Waals surface area (Å²) in [5.74, 6) is 0. The number of rotatable bonds is 0. The molecule has 0 bridgehead atoms. The molecule has 0 heteroatoms. The van der Waals surface area contributed by atoms with E-state index in [-0.39, 0.29) is 0 Å². The zero-order valence-corrected chi connectivity index (χ0v) is 8.27. The van der Waals surface area contributed by atoms with Crippen molar-refractivity contribution in [1.29, 1.82) is 0 Å². The van der Waals surface area contributed by atoms with Gasteiger partial charge in [0.25, 0.3) is 0 Å². The lowest BCUT2D eigenvalue weighted by atomic mass is 9.73. The highest BCUT2D eigenvalue weighted by Crippen LogP contribution is 2.96. The van der Waals surface area contributed by atoms with Crippen molar-refractivity contribution in [3.63, 3.8) is 0 Å². The van der Waals surface area contributed by atoms with Crippen LogP contribution in [0.4, 0.5) is 0 Å². The van der Waals surface area contributed by atoms with E-state index < -0.39 is 0 Å². The average Bonchev–Trinajstić information content (AvgIpc) is 3.11. The van der Waals surface area contributed by atoms with Crippen LogP contribution in [0.15, 0.2) is 60.8 Å². The highest BCUT2D eigenvalue weighted by molar-refractivity contribution is 5.76. The van der Waals surface area contributed by atoms with Crippen LogP contribution in [0.25, 0.3) is 0 Å². The lowest BCUT2D eigenvalue weighted by molar-refractivity contribution is 0.305. The monoisotopic (exact) mass is 190 g/mol. The molecule has 0 aromatic heterocycles. The summed E-state index contributed by atoms with van der Waals surface area (Å²) in [5, 5.41) is 0. The van der Waals surface area contributed by atoms with Gasteiger partial charge in [0.05, 0.1) is 0 Å². The lowest BCUT2D eigenvalue weighted by Crippen LogP contribution is -2.26. The molecule has 1 fully saturated rings. The first kappa shape index (κ1) is 6.32. The van der Waals surface area contributed by atoms with E-state index in [1.807, 2.05) is 0 Å². The maximum Gasteiger partial charge on any atom is 0.0337 e. The Morgan fingerprint density at radius 1 is 0.267 bits per heavy atom. The van der Waals surface area contributed by atoms with Gasteiger partial charge in [-0.15, -0.1) is 0 Å². The average molecular weight is 190 g/mol. The SMILES string of the molecule is C1=CC12C1(C=C1)C1(C=C1)C1(C=C1)C21C=C1. The molecule has 0 aliphatic heterocycles. The molecule has 5 spiro atoms. The van der Waals surface area contributed by atoms with Crippen molar-refractivity contribution in [3.05, 3.63) is 60.8 Å². The van der Waals surface area contributed by atoms with Crippen LogP contribution in [0, 0.1) is 27.1 Å². The Morgan fingerprint density at radius 3 is 0.467 bits per heavy atom. The molecule has 6 rings (SSSR count). The normalized spacial score (nSPS) is 42.7. The quantitative estimate of drug-likeness (QED) is 0.515. The van der Waals surface area contributed by atoms with Crippen molar-refractivity contribution in [2.24, 2.45) is 27.1 Å². The minimum absolute atomic E-state index is 0.354. The van der Waals surface area contributed by atoms with Crippen molar-refractivity contribution in [2.75, 3.05) is 0 Å². The molecule has 0 radical (unpaired) electrons. The van der Waals surface area contributed by atoms with Crippen LogP contribution in [0.3, 0.4) is 0 Å². The second-order valence-electron chi connectivity index (χ2n) is 6.01. The van der Waals surface area contributed by atoms with E-state index in [9.17, 15) is 0 Å². The Labute approximate surface area is 88.4 Å². The molecular weight excluding hydrogens is 180 g/mol. The van der Waals surface area contributed by atoms with Crippen molar-refractivity contribution in [3.8, 4) is 0 Å². The van der Waals surface area contributed by atoms with E-state index in [1.54, 1.807) is 0 Å². The van der Waals surface area contributed by atoms with Crippen LogP contribution in [0.1, 0.15) is 0 Å². The van der Waals surface area contributed by atoms with Gasteiger partial charge in [-0.2, -0.15) is 0 Å². The molecule has 15 heavy (non-hydrogen) atoms. The van der Waals surface area contributed by atoms with Crippen LogP contribution in [-0.4, -0.2) is 0 Å². The molecule has 0 heterocycles. The van der Waals surface area contributed by atoms with E-state index in [0.717, 1.165) is 0 Å². The van der Waals surface area contributed by atoms with Crippen LogP contribution < -0.4 is 0 Å². The zero-order chi connectivity index (χ0) is 9.57. The first-order valence-electron chi connectivity index (χ1n) is 5.80. The van der Waals surface area contributed by atoms with Gasteiger partial charge in [0.2, 0.25) is 0 Å². The first-order valence-corrected chi connectivity index (χ1v) is 5.80. The van der Waals surface area contributed by atoms with Crippen LogP contribution >= 0.6 is 0 Å². The minimum atomic E-state index is 0.354. The van der Waals surface area contributed by atoms with Crippen molar-refractivity contribution in [2.45, 2.75) is 0 Å². The molecule has 6 aliphatic rings. The Bertz CT molecular complexity index is 428. The number of hydrogen-bond donors (Lipinski definition) is 0. The predicted molar refractivity (Wildman–Crippen MR) is 57.9 cm³/mol. The van der Waals surface area contributed by atoms with Crippen molar-refractivity contribution >= 4 is 0 Å². The van der Waals surface area contributed by atoms with Crippen molar-refractivity contribution in [1.82, 2.24) is 0 Å². The molecule has 6 aliphatic carbocycles. The van der Waals surface area contributed by atoms with E-state index in [1.165, 1.54) is 0 Å². The Balaban J connectivity index is 1.73. The van der Waals surface area contributed by atoms with Gasteiger partial charge in [0.15, 0.2) is 0 Å². The fraction of sp³-hybridized carbons (Fsp3) is 0.333. The lowest BCUT2D eigenvalue weighted by Gasteiger charge is -2.27. The van der Waals surface area contributed by atoms with Gasteiger partial charge in [-0.25, -0.2) is 0 Å². The molecule has 0 saturated heterocycles. The van der Waals surface area contributed by atoms with E-state index >= 15 is 0 Å². The van der Waals surface area contributed by atoms with Gasteiger partial charge in [-0.1, -0.05) is 60.8 Å². The summed E-state index contributed by atoms with van der Waals surface area (Å²) in [5.41, 5.74) is 1.77. The fourth-order valence-corrected chi connectivity index (χ4v) is 4.89. The summed E-state index contributed by atoms with van der Waals surface area (Å²) in [6.07, 6.45) is 24.5. The summed E-state index contributed by atoms with van der Waals surface area (Å²) in [7, 11) is 0. The van der Waals surface area contributed by atoms with Gasteiger partial charge < -0.3 is 0 Å². The van der Waals surface area contributed by atoms with Gasteiger partial charge in [0, 0.05) is 27.1 Å². The molecule has 0 nitrogen and oxygen atoms in total. The van der Waals surface area contributed by atoms with Crippen molar-refractivity contribution < 1.29 is 0 Å². The van der Waals surface area contributed by atoms with E-state index in [0.29, 0.717) is 27.1 Å². The van der Waals surface area contributed by atoms with Crippen LogP contribution in [0.5, 0.6) is 0 Å². The first-order chi connectivity index (χ1) is 7.29. The standard InChI is InChI=1S/C15H10/c1-2-11(1)12(3-4-12)14(7-8-14)15(9-10-15)13(11)5-6-13/h1-10H. The third-order valence-corrected chi connectivity index (χ3v) is 5.92. The maximum absolute atomic E-state index is 2.45. The molecule has 0 atom stereocenters. The third-order valence-electron chi connectivity index (χ3n) is 5.92. The van der Waals surface area contributed by atoms with E-state index in [2.05, 4.69) is 60.8 Å². The Kier molecular flexibility index (Phi) is 0.489. The smallest absolute Gasteiger partial charge is 0.0337 e. The fourth-order valence-electron chi connectivity index (χ4n) is 4.89. The summed E-state index contributed by atoms with van der Waals surface area (Å²) >= 11 is 0. The Morgan fingerprint density at radius 2 is 0.400 bits per heavy atom. The molecule has 0 aromatic carbocycles. The highest BCUT2D eigenvalue weighted by atomic mass is 14.9. The summed E-state index contributed by atoms with van der Waals surface area (Å²) in [4.78, 5) is 0. The number of hydrogen-bond acceptors (Lipinski definition) is 0. The molecule has 1 saturated carbocycles. The second-order valence-corrected chi connectivity index (χ2v) is 6.01. The second kappa shape index (κ2) is 1.16. The number of fused-ring (bicyclic) bond motifs is 5. The third kappa shape index (κ3) is 0.308. The van der Waals surface area contributed by atoms with E-state index in [4.69, 9.17) is 0 Å². The molecule has 0 amide bonds. The molecule has 0 N–H and O–H groups in total. The maximum atomic E-state index is 2.45. The minimum Gasteiger partial charge on any atom is -0.0752 e. The van der Waals surface area contributed by atoms with Gasteiger partial charge in [0.1, 0.15) is 0 Å². The van der Waals surface area contributed by atoms with Crippen LogP contribution in [-0.2, 0) is 0 Å². The molecule has 0 aromatic rings. The van der Waals surface area contributed by atoms with Gasteiger partial charge in [-0.3, -0.25) is 0 Å². The highest BCUT2D eigenvalue weighted by Gasteiger charge is 2.92. The number of allylic oxidation sites excluding steroid dienone is 10. The van der Waals surface area contributed by atoms with Crippen LogP contribution in [0.2, 0.25) is 0 Å². The molecular formula is C15H10. The Hall–Kier alpha value is -1.30. The molecule has 70 valence electrons. The summed E-state index contributed by atoms with van der Waals surface area (Å²) in [6.45, 7) is 0. The zero-order valence-electron chi connectivity index (χ0n) is 8.27. The predicted octanol–water partition coefficient (Wildman–Crippen LogP) is 2.78. The largest absolute Gasteiger partial charge is 0.0752 e. The van der Waals surface area contributed by atoms with Gasteiger partial charge >= 0.3 is 0 Å². The summed E-state index contributed by atoms with van der Waals surface area (Å²) < 4.78 is 0. The topological polar surface area (TPSA) is 0 Å². The summed E-state index contributed by atoms with van der Waals surface area (Å²) in [6, 6.07) is 0. The molecule has 0 unspecified atom stereocenters.